The van der Waals surface area contributed by atoms with Gasteiger partial charge in [-0.1, -0.05) is 19.1 Å². The average Bonchev–Trinajstić information content (AvgIpc) is 2.27. The minimum Gasteiger partial charge on any atom is -0.369 e. The second kappa shape index (κ2) is 4.54. The Balaban J connectivity index is 2.26. The highest BCUT2D eigenvalue weighted by atomic mass is 15.2. The Morgan fingerprint density at radius 3 is 2.81 bits per heavy atom. The van der Waals surface area contributed by atoms with E-state index in [0.717, 1.165) is 30.8 Å². The highest BCUT2D eigenvalue weighted by Gasteiger charge is 2.23. The van der Waals surface area contributed by atoms with E-state index in [-0.39, 0.29) is 6.04 Å². The van der Waals surface area contributed by atoms with Crippen LogP contribution in [-0.2, 0) is 0 Å². The molecule has 0 spiro atoms. The van der Waals surface area contributed by atoms with Gasteiger partial charge in [0.15, 0.2) is 0 Å². The third-order valence-electron chi connectivity index (χ3n) is 3.06. The average molecular weight is 215 g/mol. The van der Waals surface area contributed by atoms with E-state index in [2.05, 4.69) is 17.9 Å². The largest absolute Gasteiger partial charge is 0.369 e. The first-order valence-corrected chi connectivity index (χ1v) is 5.70. The maximum Gasteiger partial charge on any atom is 0.101 e. The van der Waals surface area contributed by atoms with Gasteiger partial charge < -0.3 is 10.6 Å². The van der Waals surface area contributed by atoms with Crippen molar-refractivity contribution < 1.29 is 0 Å². The summed E-state index contributed by atoms with van der Waals surface area (Å²) in [6.07, 6.45) is 1.07. The maximum atomic E-state index is 9.07. The fourth-order valence-electron chi connectivity index (χ4n) is 2.44. The molecule has 0 bridgehead atoms. The van der Waals surface area contributed by atoms with E-state index in [0.29, 0.717) is 5.92 Å². The Kier molecular flexibility index (Phi) is 3.12. The van der Waals surface area contributed by atoms with E-state index in [1.807, 2.05) is 24.3 Å². The van der Waals surface area contributed by atoms with E-state index >= 15 is 0 Å². The molecule has 2 N–H and O–H groups in total. The van der Waals surface area contributed by atoms with E-state index in [9.17, 15) is 0 Å². The molecule has 0 aromatic heterocycles. The molecule has 1 aromatic carbocycles. The molecule has 1 aromatic rings. The molecule has 0 saturated carbocycles. The van der Waals surface area contributed by atoms with Gasteiger partial charge in [0.25, 0.3) is 0 Å². The summed E-state index contributed by atoms with van der Waals surface area (Å²) < 4.78 is 0. The van der Waals surface area contributed by atoms with Crippen molar-refractivity contribution in [3.63, 3.8) is 0 Å². The third-order valence-corrected chi connectivity index (χ3v) is 3.06. The molecular formula is C13H17N3. The summed E-state index contributed by atoms with van der Waals surface area (Å²) in [6, 6.07) is 10.2. The van der Waals surface area contributed by atoms with E-state index in [1.165, 1.54) is 0 Å². The molecule has 2 unspecified atom stereocenters. The van der Waals surface area contributed by atoms with Crippen molar-refractivity contribution in [2.24, 2.45) is 11.7 Å². The van der Waals surface area contributed by atoms with Crippen LogP contribution >= 0.6 is 0 Å². The lowest BCUT2D eigenvalue weighted by molar-refractivity contribution is 0.401. The van der Waals surface area contributed by atoms with Crippen LogP contribution in [-0.4, -0.2) is 19.1 Å². The van der Waals surface area contributed by atoms with Crippen molar-refractivity contribution in [2.45, 2.75) is 19.4 Å². The van der Waals surface area contributed by atoms with Gasteiger partial charge in [-0.2, -0.15) is 5.26 Å². The van der Waals surface area contributed by atoms with Gasteiger partial charge in [0.1, 0.15) is 6.07 Å². The smallest absolute Gasteiger partial charge is 0.101 e. The second-order valence-electron chi connectivity index (χ2n) is 4.63. The van der Waals surface area contributed by atoms with Crippen molar-refractivity contribution in [2.75, 3.05) is 18.0 Å². The molecule has 1 saturated heterocycles. The van der Waals surface area contributed by atoms with Gasteiger partial charge in [-0.15, -0.1) is 0 Å². The first-order chi connectivity index (χ1) is 7.70. The second-order valence-corrected chi connectivity index (χ2v) is 4.63. The van der Waals surface area contributed by atoms with Crippen LogP contribution in [0.5, 0.6) is 0 Å². The Bertz CT molecular complexity index is 398. The molecule has 0 aliphatic carbocycles. The van der Waals surface area contributed by atoms with Crippen LogP contribution in [0, 0.1) is 17.2 Å². The first kappa shape index (κ1) is 11.0. The predicted molar refractivity (Wildman–Crippen MR) is 65.1 cm³/mol. The summed E-state index contributed by atoms with van der Waals surface area (Å²) in [7, 11) is 0. The molecule has 3 nitrogen and oxygen atoms in total. The minimum atomic E-state index is 0.218. The van der Waals surface area contributed by atoms with Crippen LogP contribution in [0.2, 0.25) is 0 Å². The van der Waals surface area contributed by atoms with E-state index in [4.69, 9.17) is 11.0 Å². The molecule has 16 heavy (non-hydrogen) atoms. The van der Waals surface area contributed by atoms with Gasteiger partial charge in [0.05, 0.1) is 11.3 Å². The summed E-state index contributed by atoms with van der Waals surface area (Å²) >= 11 is 0. The van der Waals surface area contributed by atoms with Gasteiger partial charge in [-0.3, -0.25) is 0 Å². The number of piperidine rings is 1. The number of nitrogens with zero attached hydrogens (tertiary/aromatic N) is 2. The molecule has 1 aliphatic heterocycles. The standard InChI is InChI=1S/C13H17N3/c1-10-6-12(15)9-16(8-10)13-5-3-2-4-11(13)7-14/h2-5,10,12H,6,8-9,15H2,1H3. The van der Waals surface area contributed by atoms with Crippen LogP contribution in [0.25, 0.3) is 0 Å². The lowest BCUT2D eigenvalue weighted by Crippen LogP contribution is -2.46. The predicted octanol–water partition coefficient (Wildman–Crippen LogP) is 1.73. The normalized spacial score (nSPS) is 25.2. The Morgan fingerprint density at radius 1 is 1.38 bits per heavy atom. The Labute approximate surface area is 96.5 Å². The number of para-hydroxylation sites is 1. The number of nitrogens with two attached hydrogens (primary N) is 1. The monoisotopic (exact) mass is 215 g/mol. The van der Waals surface area contributed by atoms with E-state index in [1.54, 1.807) is 0 Å². The number of benzene rings is 1. The molecule has 0 amide bonds. The van der Waals surface area contributed by atoms with Gasteiger partial charge in [-0.05, 0) is 24.5 Å². The number of hydrogen-bond donors (Lipinski definition) is 1. The third kappa shape index (κ3) is 2.17. The Morgan fingerprint density at radius 2 is 2.12 bits per heavy atom. The summed E-state index contributed by atoms with van der Waals surface area (Å²) in [6.45, 7) is 4.05. The lowest BCUT2D eigenvalue weighted by atomic mass is 9.95. The van der Waals surface area contributed by atoms with E-state index < -0.39 is 0 Å². The zero-order valence-electron chi connectivity index (χ0n) is 9.56. The Hall–Kier alpha value is -1.53. The summed E-state index contributed by atoms with van der Waals surface area (Å²) in [5, 5.41) is 9.07. The van der Waals surface area contributed by atoms with Crippen LogP contribution < -0.4 is 10.6 Å². The maximum absolute atomic E-state index is 9.07. The van der Waals surface area contributed by atoms with Gasteiger partial charge in [0.2, 0.25) is 0 Å². The van der Waals surface area contributed by atoms with Crippen molar-refractivity contribution >= 4 is 5.69 Å². The topological polar surface area (TPSA) is 53.0 Å². The molecule has 3 heteroatoms. The fraction of sp³-hybridized carbons (Fsp3) is 0.462. The van der Waals surface area contributed by atoms with Gasteiger partial charge >= 0.3 is 0 Å². The van der Waals surface area contributed by atoms with Gasteiger partial charge in [0, 0.05) is 19.1 Å². The lowest BCUT2D eigenvalue weighted by Gasteiger charge is -2.36. The zero-order chi connectivity index (χ0) is 11.5. The number of hydrogen-bond acceptors (Lipinski definition) is 3. The minimum absolute atomic E-state index is 0.218. The SMILES string of the molecule is CC1CC(N)CN(c2ccccc2C#N)C1. The summed E-state index contributed by atoms with van der Waals surface area (Å²) in [5.74, 6) is 0.593. The quantitative estimate of drug-likeness (QED) is 0.776. The molecule has 84 valence electrons. The molecule has 2 atom stereocenters. The van der Waals surface area contributed by atoms with Crippen molar-refractivity contribution in [3.05, 3.63) is 29.8 Å². The molecular weight excluding hydrogens is 198 g/mol. The molecule has 0 radical (unpaired) electrons. The highest BCUT2D eigenvalue weighted by Crippen LogP contribution is 2.25. The first-order valence-electron chi connectivity index (χ1n) is 5.70. The summed E-state index contributed by atoms with van der Waals surface area (Å²) in [5.41, 5.74) is 7.78. The molecule has 2 rings (SSSR count). The van der Waals surface area contributed by atoms with Crippen LogP contribution in [0.1, 0.15) is 18.9 Å². The van der Waals surface area contributed by atoms with Crippen molar-refractivity contribution in [3.8, 4) is 6.07 Å². The van der Waals surface area contributed by atoms with Gasteiger partial charge in [-0.25, -0.2) is 0 Å². The molecule has 1 fully saturated rings. The fourth-order valence-corrected chi connectivity index (χ4v) is 2.44. The van der Waals surface area contributed by atoms with Crippen LogP contribution in [0.15, 0.2) is 24.3 Å². The van der Waals surface area contributed by atoms with Crippen LogP contribution in [0.4, 0.5) is 5.69 Å². The van der Waals surface area contributed by atoms with Crippen LogP contribution in [0.3, 0.4) is 0 Å². The highest BCUT2D eigenvalue weighted by molar-refractivity contribution is 5.59. The number of rotatable bonds is 1. The number of nitriles is 1. The van der Waals surface area contributed by atoms with Crippen molar-refractivity contribution in [1.29, 1.82) is 5.26 Å². The zero-order valence-corrected chi connectivity index (χ0v) is 9.56. The number of anilines is 1. The van der Waals surface area contributed by atoms with Crippen molar-refractivity contribution in [1.82, 2.24) is 0 Å². The molecule has 1 aliphatic rings. The summed E-state index contributed by atoms with van der Waals surface area (Å²) in [4.78, 5) is 2.23. The molecule has 1 heterocycles.